The van der Waals surface area contributed by atoms with E-state index in [2.05, 4.69) is 72.4 Å². The summed E-state index contributed by atoms with van der Waals surface area (Å²) < 4.78 is 5.88. The van der Waals surface area contributed by atoms with Crippen molar-refractivity contribution in [2.45, 2.75) is 26.4 Å². The van der Waals surface area contributed by atoms with Gasteiger partial charge in [-0.3, -0.25) is 4.90 Å². The largest absolute Gasteiger partial charge is 0.419 e. The van der Waals surface area contributed by atoms with Crippen LogP contribution in [0.25, 0.3) is 11.5 Å². The predicted molar refractivity (Wildman–Crippen MR) is 90.8 cm³/mol. The molecule has 1 heterocycles. The van der Waals surface area contributed by atoms with Crippen LogP contribution in [0, 0.1) is 6.92 Å². The Labute approximate surface area is 136 Å². The molecule has 0 saturated heterocycles. The number of nitrogens with zero attached hydrogens (tertiary/aromatic N) is 3. The molecule has 0 amide bonds. The number of aromatic nitrogens is 2. The van der Waals surface area contributed by atoms with Gasteiger partial charge in [0.1, 0.15) is 0 Å². The second-order valence-corrected chi connectivity index (χ2v) is 5.89. The van der Waals surface area contributed by atoms with Crippen molar-refractivity contribution in [2.75, 3.05) is 7.05 Å². The quantitative estimate of drug-likeness (QED) is 0.707. The van der Waals surface area contributed by atoms with Crippen LogP contribution >= 0.6 is 0 Å². The molecule has 0 saturated carbocycles. The molecule has 0 aliphatic rings. The van der Waals surface area contributed by atoms with Crippen LogP contribution in [0.1, 0.15) is 30.0 Å². The minimum Gasteiger partial charge on any atom is -0.419 e. The number of benzene rings is 2. The highest BCUT2D eigenvalue weighted by Crippen LogP contribution is 2.24. The summed E-state index contributed by atoms with van der Waals surface area (Å²) in [5.74, 6) is 1.21. The van der Waals surface area contributed by atoms with E-state index < -0.39 is 0 Å². The second-order valence-electron chi connectivity index (χ2n) is 5.89. The Bertz CT molecular complexity index is 767. The zero-order valence-electron chi connectivity index (χ0n) is 13.7. The van der Waals surface area contributed by atoms with E-state index >= 15 is 0 Å². The first kappa shape index (κ1) is 15.4. The zero-order valence-corrected chi connectivity index (χ0v) is 13.7. The Kier molecular flexibility index (Phi) is 4.53. The Morgan fingerprint density at radius 3 is 2.57 bits per heavy atom. The fourth-order valence-corrected chi connectivity index (χ4v) is 2.50. The van der Waals surface area contributed by atoms with Crippen LogP contribution < -0.4 is 0 Å². The Morgan fingerprint density at radius 2 is 1.83 bits per heavy atom. The molecule has 0 aliphatic carbocycles. The molecule has 0 fully saturated rings. The van der Waals surface area contributed by atoms with E-state index in [1.54, 1.807) is 0 Å². The highest BCUT2D eigenvalue weighted by atomic mass is 16.4. The summed E-state index contributed by atoms with van der Waals surface area (Å²) in [5.41, 5.74) is 3.40. The smallest absolute Gasteiger partial charge is 0.247 e. The SMILES string of the molecule is Cc1cccc(-c2nnc([C@H](C)N(C)Cc3ccccc3)o2)c1. The van der Waals surface area contributed by atoms with Crippen LogP contribution in [-0.2, 0) is 6.54 Å². The fraction of sp³-hybridized carbons (Fsp3) is 0.263. The predicted octanol–water partition coefficient (Wildman–Crippen LogP) is 4.24. The summed E-state index contributed by atoms with van der Waals surface area (Å²) in [4.78, 5) is 2.20. The van der Waals surface area contributed by atoms with Crippen LogP contribution in [0.4, 0.5) is 0 Å². The maximum atomic E-state index is 5.88. The second kappa shape index (κ2) is 6.75. The summed E-state index contributed by atoms with van der Waals surface area (Å²) in [6.07, 6.45) is 0. The van der Waals surface area contributed by atoms with Crippen molar-refractivity contribution >= 4 is 0 Å². The highest BCUT2D eigenvalue weighted by molar-refractivity contribution is 5.53. The lowest BCUT2D eigenvalue weighted by atomic mass is 10.1. The lowest BCUT2D eigenvalue weighted by Crippen LogP contribution is -2.22. The molecule has 0 radical (unpaired) electrons. The van der Waals surface area contributed by atoms with Gasteiger partial charge in [-0.25, -0.2) is 0 Å². The third-order valence-electron chi connectivity index (χ3n) is 4.00. The van der Waals surface area contributed by atoms with Gasteiger partial charge < -0.3 is 4.42 Å². The Morgan fingerprint density at radius 1 is 1.04 bits per heavy atom. The molecular weight excluding hydrogens is 286 g/mol. The molecule has 0 N–H and O–H groups in total. The molecule has 23 heavy (non-hydrogen) atoms. The minimum absolute atomic E-state index is 0.0567. The summed E-state index contributed by atoms with van der Waals surface area (Å²) in [5, 5.41) is 8.42. The number of rotatable bonds is 5. The lowest BCUT2D eigenvalue weighted by molar-refractivity contribution is 0.218. The van der Waals surface area contributed by atoms with Crippen molar-refractivity contribution in [3.63, 3.8) is 0 Å². The van der Waals surface area contributed by atoms with Gasteiger partial charge in [0, 0.05) is 12.1 Å². The maximum Gasteiger partial charge on any atom is 0.247 e. The topological polar surface area (TPSA) is 42.2 Å². The highest BCUT2D eigenvalue weighted by Gasteiger charge is 2.19. The summed E-state index contributed by atoms with van der Waals surface area (Å²) in [6.45, 7) is 4.97. The summed E-state index contributed by atoms with van der Waals surface area (Å²) in [6, 6.07) is 18.5. The average molecular weight is 307 g/mol. The van der Waals surface area contributed by atoms with E-state index in [1.807, 2.05) is 18.2 Å². The van der Waals surface area contributed by atoms with E-state index in [0.717, 1.165) is 12.1 Å². The first-order valence-electron chi connectivity index (χ1n) is 7.78. The van der Waals surface area contributed by atoms with Crippen molar-refractivity contribution in [1.29, 1.82) is 0 Å². The molecule has 118 valence electrons. The minimum atomic E-state index is 0.0567. The molecule has 0 bridgehead atoms. The van der Waals surface area contributed by atoms with Crippen molar-refractivity contribution < 1.29 is 4.42 Å². The van der Waals surface area contributed by atoms with E-state index in [9.17, 15) is 0 Å². The van der Waals surface area contributed by atoms with E-state index in [0.29, 0.717) is 11.8 Å². The van der Waals surface area contributed by atoms with Crippen LogP contribution in [-0.4, -0.2) is 22.1 Å². The normalized spacial score (nSPS) is 12.5. The van der Waals surface area contributed by atoms with Crippen molar-refractivity contribution in [3.05, 3.63) is 71.6 Å². The van der Waals surface area contributed by atoms with Gasteiger partial charge >= 0.3 is 0 Å². The van der Waals surface area contributed by atoms with Gasteiger partial charge in [-0.15, -0.1) is 10.2 Å². The van der Waals surface area contributed by atoms with Gasteiger partial charge in [-0.05, 0) is 38.6 Å². The van der Waals surface area contributed by atoms with E-state index in [4.69, 9.17) is 4.42 Å². The van der Waals surface area contributed by atoms with Gasteiger partial charge in [-0.2, -0.15) is 0 Å². The number of hydrogen-bond donors (Lipinski definition) is 0. The van der Waals surface area contributed by atoms with Gasteiger partial charge in [0.05, 0.1) is 6.04 Å². The standard InChI is InChI=1S/C19H21N3O/c1-14-8-7-11-17(12-14)19-21-20-18(23-19)15(2)22(3)13-16-9-5-4-6-10-16/h4-12,15H,13H2,1-3H3/t15-/m0/s1. The van der Waals surface area contributed by atoms with Gasteiger partial charge in [0.2, 0.25) is 11.8 Å². The average Bonchev–Trinajstić information content (AvgIpc) is 3.05. The summed E-state index contributed by atoms with van der Waals surface area (Å²) in [7, 11) is 2.06. The summed E-state index contributed by atoms with van der Waals surface area (Å²) >= 11 is 0. The van der Waals surface area contributed by atoms with Gasteiger partial charge in [-0.1, -0.05) is 48.0 Å². The first-order chi connectivity index (χ1) is 11.1. The lowest BCUT2D eigenvalue weighted by Gasteiger charge is -2.21. The van der Waals surface area contributed by atoms with Crippen LogP contribution in [0.2, 0.25) is 0 Å². The maximum absolute atomic E-state index is 5.88. The zero-order chi connectivity index (χ0) is 16.2. The fourth-order valence-electron chi connectivity index (χ4n) is 2.50. The molecule has 0 unspecified atom stereocenters. The number of aryl methyl sites for hydroxylation is 1. The van der Waals surface area contributed by atoms with Crippen LogP contribution in [0.5, 0.6) is 0 Å². The Balaban J connectivity index is 1.74. The van der Waals surface area contributed by atoms with Crippen molar-refractivity contribution in [2.24, 2.45) is 0 Å². The third-order valence-corrected chi connectivity index (χ3v) is 4.00. The van der Waals surface area contributed by atoms with Crippen molar-refractivity contribution in [3.8, 4) is 11.5 Å². The van der Waals surface area contributed by atoms with Crippen LogP contribution in [0.15, 0.2) is 59.0 Å². The molecule has 2 aromatic carbocycles. The monoisotopic (exact) mass is 307 g/mol. The third kappa shape index (κ3) is 3.66. The molecule has 0 aliphatic heterocycles. The molecule has 1 atom stereocenters. The first-order valence-corrected chi connectivity index (χ1v) is 7.78. The Hall–Kier alpha value is -2.46. The number of hydrogen-bond acceptors (Lipinski definition) is 4. The van der Waals surface area contributed by atoms with E-state index in [-0.39, 0.29) is 6.04 Å². The molecular formula is C19H21N3O. The molecule has 3 aromatic rings. The van der Waals surface area contributed by atoms with E-state index in [1.165, 1.54) is 11.1 Å². The molecule has 1 aromatic heterocycles. The molecule has 4 nitrogen and oxygen atoms in total. The molecule has 4 heteroatoms. The molecule has 0 spiro atoms. The molecule has 3 rings (SSSR count). The van der Waals surface area contributed by atoms with Gasteiger partial charge in [0.15, 0.2) is 0 Å². The van der Waals surface area contributed by atoms with Crippen molar-refractivity contribution in [1.82, 2.24) is 15.1 Å². The van der Waals surface area contributed by atoms with Crippen LogP contribution in [0.3, 0.4) is 0 Å². The van der Waals surface area contributed by atoms with Gasteiger partial charge in [0.25, 0.3) is 0 Å².